The van der Waals surface area contributed by atoms with E-state index in [2.05, 4.69) is 15.0 Å². The SMILES string of the molecule is Nc1nc(Cl)c2ncn(C3O[C@H](CO)[C@@H]4C[C@H]34)c2n1. The molecule has 0 amide bonds. The molecule has 0 bridgehead atoms. The molecule has 2 aromatic rings. The molecule has 2 fully saturated rings. The van der Waals surface area contributed by atoms with Gasteiger partial charge in [0.25, 0.3) is 0 Å². The summed E-state index contributed by atoms with van der Waals surface area (Å²) in [4.78, 5) is 12.3. The Bertz CT molecular complexity index is 660. The highest BCUT2D eigenvalue weighted by Crippen LogP contribution is 2.56. The van der Waals surface area contributed by atoms with E-state index in [9.17, 15) is 5.11 Å². The van der Waals surface area contributed by atoms with Gasteiger partial charge in [0.1, 0.15) is 11.7 Å². The fourth-order valence-electron chi connectivity index (χ4n) is 2.91. The molecule has 1 aliphatic carbocycles. The number of halogens is 1. The number of nitrogen functional groups attached to an aromatic ring is 1. The molecule has 1 saturated carbocycles. The Labute approximate surface area is 113 Å². The zero-order valence-corrected chi connectivity index (χ0v) is 10.7. The Morgan fingerprint density at radius 2 is 2.32 bits per heavy atom. The van der Waals surface area contributed by atoms with E-state index in [4.69, 9.17) is 22.1 Å². The maximum absolute atomic E-state index is 9.26. The Balaban J connectivity index is 1.80. The minimum Gasteiger partial charge on any atom is -0.394 e. The summed E-state index contributed by atoms with van der Waals surface area (Å²) in [7, 11) is 0. The van der Waals surface area contributed by atoms with E-state index in [0.717, 1.165) is 6.42 Å². The van der Waals surface area contributed by atoms with Crippen LogP contribution in [-0.4, -0.2) is 37.3 Å². The highest BCUT2D eigenvalue weighted by atomic mass is 35.5. The van der Waals surface area contributed by atoms with Gasteiger partial charge in [-0.2, -0.15) is 9.97 Å². The molecule has 3 heterocycles. The van der Waals surface area contributed by atoms with E-state index in [1.54, 1.807) is 6.33 Å². The molecule has 4 rings (SSSR count). The number of nitrogens with zero attached hydrogens (tertiary/aromatic N) is 4. The summed E-state index contributed by atoms with van der Waals surface area (Å²) < 4.78 is 7.67. The Hall–Kier alpha value is -1.44. The van der Waals surface area contributed by atoms with Crippen molar-refractivity contribution in [1.29, 1.82) is 0 Å². The Morgan fingerprint density at radius 3 is 3.05 bits per heavy atom. The fourth-order valence-corrected chi connectivity index (χ4v) is 3.13. The van der Waals surface area contributed by atoms with Crippen LogP contribution >= 0.6 is 11.6 Å². The number of rotatable bonds is 2. The van der Waals surface area contributed by atoms with Crippen LogP contribution < -0.4 is 5.73 Å². The normalized spacial score (nSPS) is 32.7. The number of aromatic nitrogens is 4. The smallest absolute Gasteiger partial charge is 0.223 e. The van der Waals surface area contributed by atoms with E-state index in [0.29, 0.717) is 23.0 Å². The number of ether oxygens (including phenoxy) is 1. The van der Waals surface area contributed by atoms with Gasteiger partial charge < -0.3 is 15.6 Å². The first-order valence-electron chi connectivity index (χ1n) is 6.11. The predicted molar refractivity (Wildman–Crippen MR) is 67.3 cm³/mol. The highest BCUT2D eigenvalue weighted by Gasteiger charge is 2.56. The number of aliphatic hydroxyl groups is 1. The Kier molecular flexibility index (Phi) is 2.27. The van der Waals surface area contributed by atoms with Crippen molar-refractivity contribution in [1.82, 2.24) is 19.5 Å². The second kappa shape index (κ2) is 3.78. The zero-order valence-electron chi connectivity index (χ0n) is 9.90. The molecule has 7 nitrogen and oxygen atoms in total. The number of nitrogens with two attached hydrogens (primary N) is 1. The summed E-state index contributed by atoms with van der Waals surface area (Å²) in [6.07, 6.45) is 2.45. The number of anilines is 1. The average molecular weight is 282 g/mol. The maximum Gasteiger partial charge on any atom is 0.223 e. The van der Waals surface area contributed by atoms with E-state index < -0.39 is 0 Å². The van der Waals surface area contributed by atoms with Gasteiger partial charge in [0.05, 0.1) is 19.0 Å². The molecule has 4 atom stereocenters. The lowest BCUT2D eigenvalue weighted by Crippen LogP contribution is -2.19. The molecule has 3 N–H and O–H groups in total. The van der Waals surface area contributed by atoms with Crippen molar-refractivity contribution in [2.75, 3.05) is 12.3 Å². The molecule has 2 aliphatic rings. The lowest BCUT2D eigenvalue weighted by atomic mass is 10.2. The van der Waals surface area contributed by atoms with Gasteiger partial charge in [-0.15, -0.1) is 0 Å². The fraction of sp³-hybridized carbons (Fsp3) is 0.545. The van der Waals surface area contributed by atoms with Crippen LogP contribution in [0.1, 0.15) is 12.6 Å². The standard InChI is InChI=1S/C11H12ClN5O2/c12-8-7-9(16-11(13)15-8)17(3-14-7)10-5-1-4(5)6(2-18)19-10/h3-6,10,18H,1-2H2,(H2,13,15,16)/t4-,5+,6-,10?/m1/s1. The van der Waals surface area contributed by atoms with Crippen LogP contribution in [0.15, 0.2) is 6.33 Å². The zero-order chi connectivity index (χ0) is 13.1. The monoisotopic (exact) mass is 281 g/mol. The summed E-state index contributed by atoms with van der Waals surface area (Å²) in [5.74, 6) is 0.954. The van der Waals surface area contributed by atoms with Gasteiger partial charge in [-0.1, -0.05) is 11.6 Å². The minimum absolute atomic E-state index is 0.0438. The molecule has 0 radical (unpaired) electrons. The largest absolute Gasteiger partial charge is 0.394 e. The summed E-state index contributed by atoms with van der Waals surface area (Å²) in [6.45, 7) is 0.0438. The first-order chi connectivity index (χ1) is 9.19. The van der Waals surface area contributed by atoms with Crippen molar-refractivity contribution < 1.29 is 9.84 Å². The minimum atomic E-state index is -0.155. The van der Waals surface area contributed by atoms with E-state index >= 15 is 0 Å². The van der Waals surface area contributed by atoms with Gasteiger partial charge in [-0.25, -0.2) is 4.98 Å². The van der Waals surface area contributed by atoms with Crippen molar-refractivity contribution in [3.8, 4) is 0 Å². The van der Waals surface area contributed by atoms with E-state index in [-0.39, 0.29) is 30.0 Å². The molecule has 19 heavy (non-hydrogen) atoms. The topological polar surface area (TPSA) is 99.1 Å². The number of hydrogen-bond acceptors (Lipinski definition) is 6. The number of fused-ring (bicyclic) bond motifs is 2. The third-order valence-corrected chi connectivity index (χ3v) is 4.16. The van der Waals surface area contributed by atoms with Gasteiger partial charge in [0, 0.05) is 5.92 Å². The molecule has 1 saturated heterocycles. The summed E-state index contributed by atoms with van der Waals surface area (Å²) in [6, 6.07) is 0. The van der Waals surface area contributed by atoms with Gasteiger partial charge in [-0.3, -0.25) is 4.57 Å². The first kappa shape index (κ1) is 11.4. The predicted octanol–water partition coefficient (Wildman–Crippen LogP) is 0.588. The van der Waals surface area contributed by atoms with Crippen LogP contribution in [0, 0.1) is 11.8 Å². The molecule has 0 aromatic carbocycles. The molecule has 8 heteroatoms. The van der Waals surface area contributed by atoms with E-state index in [1.807, 2.05) is 4.57 Å². The van der Waals surface area contributed by atoms with Crippen LogP contribution in [0.5, 0.6) is 0 Å². The molecule has 100 valence electrons. The van der Waals surface area contributed by atoms with Crippen molar-refractivity contribution in [3.05, 3.63) is 11.5 Å². The van der Waals surface area contributed by atoms with Crippen molar-refractivity contribution in [2.45, 2.75) is 18.8 Å². The third-order valence-electron chi connectivity index (χ3n) is 3.90. The number of hydrogen-bond donors (Lipinski definition) is 2. The van der Waals surface area contributed by atoms with Crippen molar-refractivity contribution in [3.63, 3.8) is 0 Å². The maximum atomic E-state index is 9.26. The molecular formula is C11H12ClN5O2. The molecule has 2 aromatic heterocycles. The van der Waals surface area contributed by atoms with Crippen LogP contribution in [0.25, 0.3) is 11.2 Å². The van der Waals surface area contributed by atoms with Gasteiger partial charge >= 0.3 is 0 Å². The number of imidazole rings is 1. The van der Waals surface area contributed by atoms with Gasteiger partial charge in [-0.05, 0) is 12.3 Å². The van der Waals surface area contributed by atoms with E-state index in [1.165, 1.54) is 0 Å². The van der Waals surface area contributed by atoms with Gasteiger partial charge in [0.2, 0.25) is 5.95 Å². The Morgan fingerprint density at radius 1 is 1.47 bits per heavy atom. The van der Waals surface area contributed by atoms with Gasteiger partial charge in [0.15, 0.2) is 10.8 Å². The summed E-state index contributed by atoms with van der Waals surface area (Å²) >= 11 is 6.00. The van der Waals surface area contributed by atoms with Crippen LogP contribution in [0.4, 0.5) is 5.95 Å². The number of aliphatic hydroxyl groups excluding tert-OH is 1. The van der Waals surface area contributed by atoms with Crippen molar-refractivity contribution in [2.24, 2.45) is 11.8 Å². The van der Waals surface area contributed by atoms with Crippen molar-refractivity contribution >= 4 is 28.7 Å². The second-order valence-electron chi connectivity index (χ2n) is 5.01. The third kappa shape index (κ3) is 1.55. The lowest BCUT2D eigenvalue weighted by molar-refractivity contribution is -0.0479. The lowest BCUT2D eigenvalue weighted by Gasteiger charge is -2.18. The molecular weight excluding hydrogens is 270 g/mol. The summed E-state index contributed by atoms with van der Waals surface area (Å²) in [5.41, 5.74) is 6.71. The highest BCUT2D eigenvalue weighted by molar-refractivity contribution is 6.33. The molecule has 0 spiro atoms. The van der Waals surface area contributed by atoms with Crippen LogP contribution in [0.2, 0.25) is 5.15 Å². The quantitative estimate of drug-likeness (QED) is 0.782. The van der Waals surface area contributed by atoms with Crippen LogP contribution in [-0.2, 0) is 4.74 Å². The molecule has 1 aliphatic heterocycles. The average Bonchev–Trinajstić information content (AvgIpc) is 2.91. The summed E-state index contributed by atoms with van der Waals surface area (Å²) in [5, 5.41) is 9.50. The second-order valence-corrected chi connectivity index (χ2v) is 5.37. The van der Waals surface area contributed by atoms with Crippen LogP contribution in [0.3, 0.4) is 0 Å². The first-order valence-corrected chi connectivity index (χ1v) is 6.48. The molecule has 1 unspecified atom stereocenters.